The van der Waals surface area contributed by atoms with Crippen molar-refractivity contribution in [3.63, 3.8) is 0 Å². The van der Waals surface area contributed by atoms with Crippen LogP contribution in [0, 0.1) is 0 Å². The van der Waals surface area contributed by atoms with Crippen LogP contribution in [0.3, 0.4) is 0 Å². The first-order valence-electron chi connectivity index (χ1n) is 7.19. The molecule has 2 unspecified atom stereocenters. The van der Waals surface area contributed by atoms with E-state index >= 15 is 0 Å². The fraction of sp³-hybridized carbons (Fsp3) is 0.625. The minimum absolute atomic E-state index is 0.204. The Morgan fingerprint density at radius 2 is 1.95 bits per heavy atom. The lowest BCUT2D eigenvalue weighted by Crippen LogP contribution is -2.21. The van der Waals surface area contributed by atoms with E-state index < -0.39 is 0 Å². The van der Waals surface area contributed by atoms with Gasteiger partial charge in [0.25, 0.3) is 0 Å². The summed E-state index contributed by atoms with van der Waals surface area (Å²) in [4.78, 5) is 0. The number of ether oxygens (including phenoxy) is 2. The largest absolute Gasteiger partial charge is 0.493 e. The summed E-state index contributed by atoms with van der Waals surface area (Å²) in [6.07, 6.45) is 4.23. The molecule has 0 saturated carbocycles. The predicted octanol–water partition coefficient (Wildman–Crippen LogP) is 3.54. The maximum Gasteiger partial charge on any atom is 0.161 e. The molecule has 0 spiro atoms. The van der Waals surface area contributed by atoms with Gasteiger partial charge in [-0.05, 0) is 43.9 Å². The second-order valence-corrected chi connectivity index (χ2v) is 5.07. The molecule has 1 rings (SSSR count). The van der Waals surface area contributed by atoms with Crippen LogP contribution < -0.4 is 15.2 Å². The smallest absolute Gasteiger partial charge is 0.161 e. The summed E-state index contributed by atoms with van der Waals surface area (Å²) < 4.78 is 11.3. The second-order valence-electron chi connectivity index (χ2n) is 5.07. The van der Waals surface area contributed by atoms with Gasteiger partial charge in [0.1, 0.15) is 0 Å². The lowest BCUT2D eigenvalue weighted by atomic mass is 10.0. The average molecular weight is 265 g/mol. The van der Waals surface area contributed by atoms with Crippen molar-refractivity contribution in [1.29, 1.82) is 0 Å². The molecule has 2 N–H and O–H groups in total. The highest BCUT2D eigenvalue weighted by Crippen LogP contribution is 2.30. The molecule has 0 aliphatic carbocycles. The average Bonchev–Trinajstić information content (AvgIpc) is 2.40. The third kappa shape index (κ3) is 5.11. The Bertz CT molecular complexity index is 379. The molecule has 19 heavy (non-hydrogen) atoms. The quantitative estimate of drug-likeness (QED) is 0.782. The standard InChI is InChI=1S/C16H27NO2/c1-5-7-12(3)19-15-9-8-13(10-14(17)6-2)11-16(15)18-4/h8-9,11-12,14H,5-7,10,17H2,1-4H3. The van der Waals surface area contributed by atoms with E-state index in [1.807, 2.05) is 12.1 Å². The van der Waals surface area contributed by atoms with Gasteiger partial charge in [0.2, 0.25) is 0 Å². The van der Waals surface area contributed by atoms with Crippen LogP contribution in [0.2, 0.25) is 0 Å². The maximum atomic E-state index is 5.98. The Morgan fingerprint density at radius 3 is 2.53 bits per heavy atom. The van der Waals surface area contributed by atoms with Gasteiger partial charge in [0.05, 0.1) is 13.2 Å². The Hall–Kier alpha value is -1.22. The molecule has 1 aromatic carbocycles. The van der Waals surface area contributed by atoms with Gasteiger partial charge in [-0.25, -0.2) is 0 Å². The molecule has 0 heterocycles. The summed E-state index contributed by atoms with van der Waals surface area (Å²) in [6, 6.07) is 6.30. The number of nitrogens with two attached hydrogens (primary N) is 1. The zero-order chi connectivity index (χ0) is 14.3. The molecular weight excluding hydrogens is 238 g/mol. The molecule has 0 aliphatic heterocycles. The molecule has 3 nitrogen and oxygen atoms in total. The van der Waals surface area contributed by atoms with Crippen LogP contribution in [0.25, 0.3) is 0 Å². The number of hydrogen-bond acceptors (Lipinski definition) is 3. The zero-order valence-corrected chi connectivity index (χ0v) is 12.6. The summed E-state index contributed by atoms with van der Waals surface area (Å²) >= 11 is 0. The summed E-state index contributed by atoms with van der Waals surface area (Å²) in [5.41, 5.74) is 7.18. The van der Waals surface area contributed by atoms with E-state index in [2.05, 4.69) is 26.8 Å². The van der Waals surface area contributed by atoms with E-state index in [9.17, 15) is 0 Å². The summed E-state index contributed by atoms with van der Waals surface area (Å²) in [7, 11) is 1.68. The first kappa shape index (κ1) is 15.8. The fourth-order valence-electron chi connectivity index (χ4n) is 2.07. The van der Waals surface area contributed by atoms with Crippen LogP contribution >= 0.6 is 0 Å². The van der Waals surface area contributed by atoms with Crippen LogP contribution in [-0.4, -0.2) is 19.3 Å². The van der Waals surface area contributed by atoms with Crippen molar-refractivity contribution < 1.29 is 9.47 Å². The van der Waals surface area contributed by atoms with Gasteiger partial charge in [-0.3, -0.25) is 0 Å². The van der Waals surface area contributed by atoms with Crippen molar-refractivity contribution in [3.05, 3.63) is 23.8 Å². The Kier molecular flexibility index (Phi) is 6.71. The summed E-state index contributed by atoms with van der Waals surface area (Å²) in [6.45, 7) is 6.35. The van der Waals surface area contributed by atoms with E-state index in [0.29, 0.717) is 0 Å². The third-order valence-electron chi connectivity index (χ3n) is 3.27. The number of hydrogen-bond donors (Lipinski definition) is 1. The van der Waals surface area contributed by atoms with E-state index in [4.69, 9.17) is 15.2 Å². The minimum Gasteiger partial charge on any atom is -0.493 e. The zero-order valence-electron chi connectivity index (χ0n) is 12.6. The van der Waals surface area contributed by atoms with Crippen molar-refractivity contribution in [3.8, 4) is 11.5 Å². The maximum absolute atomic E-state index is 5.98. The molecule has 0 saturated heterocycles. The topological polar surface area (TPSA) is 44.5 Å². The molecule has 0 aliphatic rings. The van der Waals surface area contributed by atoms with Gasteiger partial charge in [-0.15, -0.1) is 0 Å². The molecule has 1 aromatic rings. The summed E-state index contributed by atoms with van der Waals surface area (Å²) in [5, 5.41) is 0. The van der Waals surface area contributed by atoms with Crippen LogP contribution in [0.1, 0.15) is 45.6 Å². The van der Waals surface area contributed by atoms with Crippen molar-refractivity contribution in [1.82, 2.24) is 0 Å². The van der Waals surface area contributed by atoms with Gasteiger partial charge in [-0.1, -0.05) is 26.3 Å². The highest BCUT2D eigenvalue weighted by atomic mass is 16.5. The van der Waals surface area contributed by atoms with E-state index in [-0.39, 0.29) is 12.1 Å². The second kappa shape index (κ2) is 8.05. The molecule has 0 bridgehead atoms. The van der Waals surface area contributed by atoms with Crippen molar-refractivity contribution in [2.45, 2.75) is 58.6 Å². The molecule has 0 radical (unpaired) electrons. The van der Waals surface area contributed by atoms with Crippen molar-refractivity contribution in [2.75, 3.05) is 7.11 Å². The summed E-state index contributed by atoms with van der Waals surface area (Å²) in [5.74, 6) is 1.61. The lowest BCUT2D eigenvalue weighted by Gasteiger charge is -2.17. The Labute approximate surface area is 117 Å². The number of rotatable bonds is 8. The van der Waals surface area contributed by atoms with E-state index in [1.165, 1.54) is 5.56 Å². The minimum atomic E-state index is 0.204. The highest BCUT2D eigenvalue weighted by molar-refractivity contribution is 5.43. The number of methoxy groups -OCH3 is 1. The van der Waals surface area contributed by atoms with Gasteiger partial charge < -0.3 is 15.2 Å². The van der Waals surface area contributed by atoms with Gasteiger partial charge >= 0.3 is 0 Å². The number of benzene rings is 1. The van der Waals surface area contributed by atoms with Gasteiger partial charge in [-0.2, -0.15) is 0 Å². The molecular formula is C16H27NO2. The SMILES string of the molecule is CCCC(C)Oc1ccc(CC(N)CC)cc1OC. The molecule has 0 aromatic heterocycles. The monoisotopic (exact) mass is 265 g/mol. The Morgan fingerprint density at radius 1 is 1.21 bits per heavy atom. The normalized spacial score (nSPS) is 13.9. The van der Waals surface area contributed by atoms with Gasteiger partial charge in [0.15, 0.2) is 11.5 Å². The molecule has 0 fully saturated rings. The molecule has 108 valence electrons. The fourth-order valence-corrected chi connectivity index (χ4v) is 2.07. The lowest BCUT2D eigenvalue weighted by molar-refractivity contribution is 0.201. The van der Waals surface area contributed by atoms with Crippen LogP contribution in [-0.2, 0) is 6.42 Å². The van der Waals surface area contributed by atoms with Crippen molar-refractivity contribution >= 4 is 0 Å². The highest BCUT2D eigenvalue weighted by Gasteiger charge is 2.10. The van der Waals surface area contributed by atoms with E-state index in [0.717, 1.165) is 37.2 Å². The van der Waals surface area contributed by atoms with Crippen molar-refractivity contribution in [2.24, 2.45) is 5.73 Å². The van der Waals surface area contributed by atoms with Crippen LogP contribution in [0.15, 0.2) is 18.2 Å². The molecule has 2 atom stereocenters. The van der Waals surface area contributed by atoms with Crippen LogP contribution in [0.4, 0.5) is 0 Å². The molecule has 0 amide bonds. The third-order valence-corrected chi connectivity index (χ3v) is 3.27. The predicted molar refractivity (Wildman–Crippen MR) is 80.0 cm³/mol. The first-order chi connectivity index (χ1) is 9.10. The molecule has 3 heteroatoms. The Balaban J connectivity index is 2.78. The first-order valence-corrected chi connectivity index (χ1v) is 7.19. The van der Waals surface area contributed by atoms with Gasteiger partial charge in [0, 0.05) is 6.04 Å². The van der Waals surface area contributed by atoms with E-state index in [1.54, 1.807) is 7.11 Å². The van der Waals surface area contributed by atoms with Crippen LogP contribution in [0.5, 0.6) is 11.5 Å².